The van der Waals surface area contributed by atoms with Gasteiger partial charge in [-0.15, -0.1) is 0 Å². The smallest absolute Gasteiger partial charge is 0.141 e. The van der Waals surface area contributed by atoms with E-state index in [0.29, 0.717) is 0 Å². The first-order chi connectivity index (χ1) is 9.78. The van der Waals surface area contributed by atoms with Crippen LogP contribution in [0, 0.1) is 0 Å². The molecule has 2 aromatic rings. The molecule has 1 saturated carbocycles. The lowest BCUT2D eigenvalue weighted by molar-refractivity contribution is 0.684. The van der Waals surface area contributed by atoms with Gasteiger partial charge >= 0.3 is 0 Å². The number of hydrogen-bond acceptors (Lipinski definition) is 2. The van der Waals surface area contributed by atoms with Crippen LogP contribution in [0.25, 0.3) is 11.4 Å². The van der Waals surface area contributed by atoms with Crippen molar-refractivity contribution in [3.63, 3.8) is 0 Å². The summed E-state index contributed by atoms with van der Waals surface area (Å²) in [5.74, 6) is 0.957. The summed E-state index contributed by atoms with van der Waals surface area (Å²) in [5, 5.41) is 4.29. The Balaban J connectivity index is 1.80. The second-order valence-corrected chi connectivity index (χ2v) is 5.82. The van der Waals surface area contributed by atoms with Crippen LogP contribution in [-0.2, 0) is 13.1 Å². The Bertz CT molecular complexity index is 587. The van der Waals surface area contributed by atoms with E-state index < -0.39 is 0 Å². The highest BCUT2D eigenvalue weighted by molar-refractivity contribution is 6.33. The van der Waals surface area contributed by atoms with E-state index in [1.165, 1.54) is 18.4 Å². The summed E-state index contributed by atoms with van der Waals surface area (Å²) in [6.45, 7) is 4.03. The summed E-state index contributed by atoms with van der Waals surface area (Å²) in [4.78, 5) is 4.44. The Kier molecular flexibility index (Phi) is 4.08. The normalized spacial score (nSPS) is 14.7. The monoisotopic (exact) mass is 289 g/mol. The summed E-state index contributed by atoms with van der Waals surface area (Å²) in [6.07, 6.45) is 7.55. The maximum absolute atomic E-state index is 6.44. The van der Waals surface area contributed by atoms with Gasteiger partial charge in [-0.05, 0) is 37.0 Å². The van der Waals surface area contributed by atoms with Crippen LogP contribution < -0.4 is 5.32 Å². The summed E-state index contributed by atoms with van der Waals surface area (Å²) in [7, 11) is 0. The molecule has 20 heavy (non-hydrogen) atoms. The first-order valence-corrected chi connectivity index (χ1v) is 7.69. The van der Waals surface area contributed by atoms with Crippen LogP contribution in [0.5, 0.6) is 0 Å². The predicted molar refractivity (Wildman–Crippen MR) is 82.8 cm³/mol. The SMILES string of the molecule is CCCn1ccnc1-c1ccc(CNC2CC2)cc1Cl. The third-order valence-electron chi connectivity index (χ3n) is 3.63. The van der Waals surface area contributed by atoms with Crippen LogP contribution in [0.1, 0.15) is 31.7 Å². The minimum Gasteiger partial charge on any atom is -0.331 e. The molecule has 106 valence electrons. The molecule has 1 aliphatic rings. The van der Waals surface area contributed by atoms with Crippen LogP contribution >= 0.6 is 11.6 Å². The fraction of sp³-hybridized carbons (Fsp3) is 0.438. The third kappa shape index (κ3) is 3.05. The molecule has 0 bridgehead atoms. The number of imidazole rings is 1. The molecule has 1 N–H and O–H groups in total. The quantitative estimate of drug-likeness (QED) is 0.875. The number of benzene rings is 1. The molecule has 0 aliphatic heterocycles. The highest BCUT2D eigenvalue weighted by Crippen LogP contribution is 2.28. The first kappa shape index (κ1) is 13.7. The molecule has 1 fully saturated rings. The van der Waals surface area contributed by atoms with Gasteiger partial charge in [-0.3, -0.25) is 0 Å². The number of aromatic nitrogens is 2. The molecule has 1 heterocycles. The van der Waals surface area contributed by atoms with Crippen LogP contribution in [0.4, 0.5) is 0 Å². The van der Waals surface area contributed by atoms with Gasteiger partial charge in [0.1, 0.15) is 5.82 Å². The zero-order valence-corrected chi connectivity index (χ0v) is 12.5. The lowest BCUT2D eigenvalue weighted by atomic mass is 10.1. The van der Waals surface area contributed by atoms with E-state index in [2.05, 4.69) is 40.0 Å². The number of nitrogens with zero attached hydrogens (tertiary/aromatic N) is 2. The topological polar surface area (TPSA) is 29.9 Å². The second-order valence-electron chi connectivity index (χ2n) is 5.41. The van der Waals surface area contributed by atoms with E-state index in [4.69, 9.17) is 11.6 Å². The van der Waals surface area contributed by atoms with Crippen LogP contribution in [-0.4, -0.2) is 15.6 Å². The lowest BCUT2D eigenvalue weighted by Crippen LogP contribution is -2.15. The average Bonchev–Trinajstić information content (AvgIpc) is 3.17. The Labute approximate surface area is 125 Å². The molecule has 1 aromatic heterocycles. The van der Waals surface area contributed by atoms with Crippen molar-refractivity contribution in [2.24, 2.45) is 0 Å². The third-order valence-corrected chi connectivity index (χ3v) is 3.94. The molecule has 1 aliphatic carbocycles. The standard InChI is InChI=1S/C16H20ClN3/c1-2-8-20-9-7-18-16(20)14-6-3-12(10-15(14)17)11-19-13-4-5-13/h3,6-7,9-10,13,19H,2,4-5,8,11H2,1H3. The number of rotatable bonds is 6. The second kappa shape index (κ2) is 5.98. The van der Waals surface area contributed by atoms with Gasteiger partial charge in [0.15, 0.2) is 0 Å². The first-order valence-electron chi connectivity index (χ1n) is 7.31. The average molecular weight is 290 g/mol. The molecule has 0 spiro atoms. The van der Waals surface area contributed by atoms with E-state index in [9.17, 15) is 0 Å². The number of aryl methyl sites for hydroxylation is 1. The Morgan fingerprint density at radius 3 is 2.95 bits per heavy atom. The fourth-order valence-corrected chi connectivity index (χ4v) is 2.66. The molecule has 0 radical (unpaired) electrons. The molecule has 0 saturated heterocycles. The van der Waals surface area contributed by atoms with Gasteiger partial charge in [0, 0.05) is 37.1 Å². The molecular formula is C16H20ClN3. The molecule has 4 heteroatoms. The number of nitrogens with one attached hydrogen (secondary N) is 1. The van der Waals surface area contributed by atoms with Crippen molar-refractivity contribution in [3.05, 3.63) is 41.2 Å². The Hall–Kier alpha value is -1.32. The van der Waals surface area contributed by atoms with Crippen LogP contribution in [0.2, 0.25) is 5.02 Å². The largest absolute Gasteiger partial charge is 0.331 e. The highest BCUT2D eigenvalue weighted by Gasteiger charge is 2.20. The fourth-order valence-electron chi connectivity index (χ4n) is 2.37. The highest BCUT2D eigenvalue weighted by atomic mass is 35.5. The minimum absolute atomic E-state index is 0.719. The van der Waals surface area contributed by atoms with Gasteiger partial charge in [0.25, 0.3) is 0 Å². The van der Waals surface area contributed by atoms with Gasteiger partial charge in [0.2, 0.25) is 0 Å². The van der Waals surface area contributed by atoms with E-state index in [0.717, 1.165) is 42.0 Å². The summed E-state index contributed by atoms with van der Waals surface area (Å²) < 4.78 is 2.16. The van der Waals surface area contributed by atoms with Gasteiger partial charge in [-0.1, -0.05) is 24.6 Å². The zero-order chi connectivity index (χ0) is 13.9. The summed E-state index contributed by atoms with van der Waals surface area (Å²) in [6, 6.07) is 7.00. The predicted octanol–water partition coefficient (Wildman–Crippen LogP) is 3.87. The maximum Gasteiger partial charge on any atom is 0.141 e. The van der Waals surface area contributed by atoms with Gasteiger partial charge in [-0.2, -0.15) is 0 Å². The van der Waals surface area contributed by atoms with Crippen molar-refractivity contribution in [2.75, 3.05) is 0 Å². The van der Waals surface area contributed by atoms with Crippen molar-refractivity contribution in [3.8, 4) is 11.4 Å². The van der Waals surface area contributed by atoms with Crippen molar-refractivity contribution in [1.29, 1.82) is 0 Å². The molecule has 0 unspecified atom stereocenters. The molecule has 0 amide bonds. The minimum atomic E-state index is 0.719. The maximum atomic E-state index is 6.44. The van der Waals surface area contributed by atoms with E-state index in [1.807, 2.05) is 12.4 Å². The van der Waals surface area contributed by atoms with Crippen LogP contribution in [0.15, 0.2) is 30.6 Å². The number of hydrogen-bond donors (Lipinski definition) is 1. The van der Waals surface area contributed by atoms with E-state index >= 15 is 0 Å². The van der Waals surface area contributed by atoms with Gasteiger partial charge in [-0.25, -0.2) is 4.98 Å². The molecular weight excluding hydrogens is 270 g/mol. The van der Waals surface area contributed by atoms with Crippen molar-refractivity contribution >= 4 is 11.6 Å². The van der Waals surface area contributed by atoms with E-state index in [-0.39, 0.29) is 0 Å². The lowest BCUT2D eigenvalue weighted by Gasteiger charge is -2.10. The summed E-state index contributed by atoms with van der Waals surface area (Å²) in [5.41, 5.74) is 2.25. The molecule has 3 nitrogen and oxygen atoms in total. The van der Waals surface area contributed by atoms with Crippen molar-refractivity contribution in [2.45, 2.75) is 45.3 Å². The molecule has 0 atom stereocenters. The van der Waals surface area contributed by atoms with E-state index in [1.54, 1.807) is 0 Å². The van der Waals surface area contributed by atoms with Crippen molar-refractivity contribution < 1.29 is 0 Å². The number of halogens is 1. The van der Waals surface area contributed by atoms with Gasteiger partial charge < -0.3 is 9.88 Å². The zero-order valence-electron chi connectivity index (χ0n) is 11.8. The van der Waals surface area contributed by atoms with Gasteiger partial charge in [0.05, 0.1) is 5.02 Å². The molecule has 1 aromatic carbocycles. The van der Waals surface area contributed by atoms with Crippen molar-refractivity contribution in [1.82, 2.24) is 14.9 Å². The summed E-state index contributed by atoms with van der Waals surface area (Å²) >= 11 is 6.44. The van der Waals surface area contributed by atoms with Crippen LogP contribution in [0.3, 0.4) is 0 Å². The Morgan fingerprint density at radius 1 is 1.40 bits per heavy atom. The molecule has 3 rings (SSSR count). The Morgan fingerprint density at radius 2 is 2.25 bits per heavy atom.